The van der Waals surface area contributed by atoms with Crippen molar-refractivity contribution in [3.63, 3.8) is 0 Å². The molecule has 0 radical (unpaired) electrons. The highest BCUT2D eigenvalue weighted by molar-refractivity contribution is 14.1. The zero-order valence-electron chi connectivity index (χ0n) is 9.41. The topological polar surface area (TPSA) is 41.1 Å². The van der Waals surface area contributed by atoms with Crippen LogP contribution in [0.4, 0.5) is 0 Å². The van der Waals surface area contributed by atoms with E-state index in [1.807, 2.05) is 24.3 Å². The third-order valence-electron chi connectivity index (χ3n) is 2.75. The van der Waals surface area contributed by atoms with Crippen LogP contribution in [-0.2, 0) is 0 Å². The Balaban J connectivity index is 0.00000144. The van der Waals surface area contributed by atoms with Crippen molar-refractivity contribution in [2.24, 2.45) is 0 Å². The molecular weight excluding hydrogens is 351 g/mol. The van der Waals surface area contributed by atoms with E-state index >= 15 is 0 Å². The summed E-state index contributed by atoms with van der Waals surface area (Å²) in [6.45, 7) is 1.95. The summed E-state index contributed by atoms with van der Waals surface area (Å²) in [4.78, 5) is 12.0. The van der Waals surface area contributed by atoms with E-state index in [1.54, 1.807) is 0 Å². The van der Waals surface area contributed by atoms with Crippen molar-refractivity contribution in [1.29, 1.82) is 0 Å². The standard InChI is InChI=1S/C12H15IN2O.ClH/c13-11-6-2-1-5-10(11)12(16)15-9-4-3-7-14-8-9;/h1-2,5-6,9,14H,3-4,7-8H2,(H,15,16);1H. The molecule has 1 heterocycles. The van der Waals surface area contributed by atoms with Crippen LogP contribution in [0.25, 0.3) is 0 Å². The Kier molecular flexibility index (Phi) is 6.22. The highest BCUT2D eigenvalue weighted by Gasteiger charge is 2.17. The van der Waals surface area contributed by atoms with Gasteiger partial charge in [-0.15, -0.1) is 12.4 Å². The molecule has 1 unspecified atom stereocenters. The third-order valence-corrected chi connectivity index (χ3v) is 3.69. The van der Waals surface area contributed by atoms with Crippen molar-refractivity contribution >= 4 is 40.9 Å². The second-order valence-electron chi connectivity index (χ2n) is 4.00. The molecule has 0 aliphatic carbocycles. The molecular formula is C12H16ClIN2O. The molecule has 0 bridgehead atoms. The van der Waals surface area contributed by atoms with Gasteiger partial charge in [-0.25, -0.2) is 0 Å². The molecule has 1 aliphatic heterocycles. The van der Waals surface area contributed by atoms with Crippen LogP contribution in [0, 0.1) is 3.57 Å². The summed E-state index contributed by atoms with van der Waals surface area (Å²) in [6, 6.07) is 7.94. The van der Waals surface area contributed by atoms with Crippen LogP contribution in [0.5, 0.6) is 0 Å². The Morgan fingerprint density at radius 1 is 1.41 bits per heavy atom. The molecule has 0 spiro atoms. The second kappa shape index (κ2) is 7.18. The average molecular weight is 367 g/mol. The lowest BCUT2D eigenvalue weighted by Crippen LogP contribution is -2.45. The van der Waals surface area contributed by atoms with Crippen molar-refractivity contribution < 1.29 is 4.79 Å². The van der Waals surface area contributed by atoms with E-state index in [0.29, 0.717) is 0 Å². The normalized spacial score (nSPS) is 19.2. The lowest BCUT2D eigenvalue weighted by atomic mass is 10.1. The minimum Gasteiger partial charge on any atom is -0.348 e. The molecule has 0 saturated carbocycles. The summed E-state index contributed by atoms with van der Waals surface area (Å²) in [5.74, 6) is 0.0405. The van der Waals surface area contributed by atoms with Crippen LogP contribution in [0.3, 0.4) is 0 Å². The fraction of sp³-hybridized carbons (Fsp3) is 0.417. The van der Waals surface area contributed by atoms with E-state index in [-0.39, 0.29) is 24.4 Å². The largest absolute Gasteiger partial charge is 0.348 e. The van der Waals surface area contributed by atoms with Crippen LogP contribution in [0.2, 0.25) is 0 Å². The lowest BCUT2D eigenvalue weighted by Gasteiger charge is -2.23. The van der Waals surface area contributed by atoms with E-state index in [4.69, 9.17) is 0 Å². The average Bonchev–Trinajstić information content (AvgIpc) is 2.31. The number of piperidine rings is 1. The smallest absolute Gasteiger partial charge is 0.252 e. The summed E-state index contributed by atoms with van der Waals surface area (Å²) < 4.78 is 1.00. The first kappa shape index (κ1) is 14.7. The van der Waals surface area contributed by atoms with Gasteiger partial charge in [-0.1, -0.05) is 12.1 Å². The zero-order valence-corrected chi connectivity index (χ0v) is 12.4. The first-order valence-corrected chi connectivity index (χ1v) is 6.61. The third kappa shape index (κ3) is 4.12. The summed E-state index contributed by atoms with van der Waals surface area (Å²) in [5, 5.41) is 6.36. The molecule has 1 aliphatic rings. The Bertz CT molecular complexity index is 381. The number of hydrogen-bond acceptors (Lipinski definition) is 2. The van der Waals surface area contributed by atoms with Crippen LogP contribution in [-0.4, -0.2) is 25.0 Å². The number of halogens is 2. The fourth-order valence-electron chi connectivity index (χ4n) is 1.88. The van der Waals surface area contributed by atoms with Gasteiger partial charge in [0.1, 0.15) is 0 Å². The first-order valence-electron chi connectivity index (χ1n) is 5.53. The van der Waals surface area contributed by atoms with Gasteiger partial charge in [0.15, 0.2) is 0 Å². The number of rotatable bonds is 2. The van der Waals surface area contributed by atoms with Gasteiger partial charge in [0.25, 0.3) is 5.91 Å². The molecule has 1 atom stereocenters. The van der Waals surface area contributed by atoms with Crippen molar-refractivity contribution in [2.75, 3.05) is 13.1 Å². The van der Waals surface area contributed by atoms with Crippen molar-refractivity contribution in [3.8, 4) is 0 Å². The molecule has 1 amide bonds. The van der Waals surface area contributed by atoms with E-state index in [9.17, 15) is 4.79 Å². The SMILES string of the molecule is Cl.O=C(NC1CCCNC1)c1ccccc1I. The maximum absolute atomic E-state index is 12.0. The highest BCUT2D eigenvalue weighted by Crippen LogP contribution is 2.12. The molecule has 1 fully saturated rings. The van der Waals surface area contributed by atoms with Crippen molar-refractivity contribution in [2.45, 2.75) is 18.9 Å². The molecule has 1 aromatic rings. The summed E-state index contributed by atoms with van der Waals surface area (Å²) in [6.07, 6.45) is 2.21. The van der Waals surface area contributed by atoms with Gasteiger partial charge >= 0.3 is 0 Å². The molecule has 94 valence electrons. The van der Waals surface area contributed by atoms with Gasteiger partial charge in [0, 0.05) is 16.2 Å². The van der Waals surface area contributed by atoms with Crippen LogP contribution >= 0.6 is 35.0 Å². The zero-order chi connectivity index (χ0) is 11.4. The van der Waals surface area contributed by atoms with Crippen molar-refractivity contribution in [1.82, 2.24) is 10.6 Å². The summed E-state index contributed by atoms with van der Waals surface area (Å²) >= 11 is 2.19. The van der Waals surface area contributed by atoms with E-state index < -0.39 is 0 Å². The predicted molar refractivity (Wildman–Crippen MR) is 79.8 cm³/mol. The van der Waals surface area contributed by atoms with Crippen molar-refractivity contribution in [3.05, 3.63) is 33.4 Å². The number of amides is 1. The fourth-order valence-corrected chi connectivity index (χ4v) is 2.52. The van der Waals surface area contributed by atoms with Crippen LogP contribution in [0.15, 0.2) is 24.3 Å². The van der Waals surface area contributed by atoms with Gasteiger partial charge in [0.05, 0.1) is 5.56 Å². The molecule has 17 heavy (non-hydrogen) atoms. The van der Waals surface area contributed by atoms with E-state index in [2.05, 4.69) is 33.2 Å². The number of carbonyl (C=O) groups is 1. The summed E-state index contributed by atoms with van der Waals surface area (Å²) in [5.41, 5.74) is 0.772. The molecule has 0 aromatic heterocycles. The van der Waals surface area contributed by atoms with Gasteiger partial charge < -0.3 is 10.6 Å². The van der Waals surface area contributed by atoms with Gasteiger partial charge in [-0.3, -0.25) is 4.79 Å². The molecule has 3 nitrogen and oxygen atoms in total. The van der Waals surface area contributed by atoms with Gasteiger partial charge in [-0.05, 0) is 54.1 Å². The maximum atomic E-state index is 12.0. The minimum atomic E-state index is 0. The van der Waals surface area contributed by atoms with Crippen LogP contribution in [0.1, 0.15) is 23.2 Å². The van der Waals surface area contributed by atoms with E-state index in [0.717, 1.165) is 35.1 Å². The molecule has 1 saturated heterocycles. The number of carbonyl (C=O) groups excluding carboxylic acids is 1. The quantitative estimate of drug-likeness (QED) is 0.788. The second-order valence-corrected chi connectivity index (χ2v) is 5.16. The lowest BCUT2D eigenvalue weighted by molar-refractivity contribution is 0.0930. The Morgan fingerprint density at radius 3 is 2.82 bits per heavy atom. The monoisotopic (exact) mass is 366 g/mol. The number of benzene rings is 1. The summed E-state index contributed by atoms with van der Waals surface area (Å²) in [7, 11) is 0. The molecule has 2 rings (SSSR count). The van der Waals surface area contributed by atoms with Gasteiger partial charge in [0.2, 0.25) is 0 Å². The molecule has 2 N–H and O–H groups in total. The number of hydrogen-bond donors (Lipinski definition) is 2. The number of nitrogens with one attached hydrogen (secondary N) is 2. The minimum absolute atomic E-state index is 0. The molecule has 5 heteroatoms. The maximum Gasteiger partial charge on any atom is 0.252 e. The Labute approximate surface area is 121 Å². The molecule has 1 aromatic carbocycles. The van der Waals surface area contributed by atoms with Gasteiger partial charge in [-0.2, -0.15) is 0 Å². The predicted octanol–water partition coefficient (Wildman–Crippen LogP) is 2.19. The first-order chi connectivity index (χ1) is 7.77. The Hall–Kier alpha value is -0.330. The highest BCUT2D eigenvalue weighted by atomic mass is 127. The van der Waals surface area contributed by atoms with E-state index in [1.165, 1.54) is 0 Å². The van der Waals surface area contributed by atoms with Crippen LogP contribution < -0.4 is 10.6 Å². The Morgan fingerprint density at radius 2 is 2.18 bits per heavy atom.